The molecule has 0 spiro atoms. The van der Waals surface area contributed by atoms with E-state index < -0.39 is 0 Å². The van der Waals surface area contributed by atoms with Gasteiger partial charge in [0.2, 0.25) is 0 Å². The zero-order valence-corrected chi connectivity index (χ0v) is 12.0. The summed E-state index contributed by atoms with van der Waals surface area (Å²) >= 11 is 0. The van der Waals surface area contributed by atoms with E-state index in [4.69, 9.17) is 5.73 Å². The van der Waals surface area contributed by atoms with Crippen LogP contribution in [-0.4, -0.2) is 5.11 Å². The van der Waals surface area contributed by atoms with E-state index in [2.05, 4.69) is 0 Å². The molecule has 20 heavy (non-hydrogen) atoms. The minimum Gasteiger partial charge on any atom is -0.495 e. The molecule has 0 amide bonds. The summed E-state index contributed by atoms with van der Waals surface area (Å²) in [5.41, 5.74) is 8.08. The minimum absolute atomic E-state index is 0. The van der Waals surface area contributed by atoms with Crippen molar-refractivity contribution in [3.63, 3.8) is 0 Å². The van der Waals surface area contributed by atoms with E-state index in [9.17, 15) is 5.11 Å². The predicted octanol–water partition coefficient (Wildman–Crippen LogP) is 3.77. The van der Waals surface area contributed by atoms with Crippen molar-refractivity contribution in [1.82, 2.24) is 0 Å². The predicted molar refractivity (Wildman–Crippen MR) is 79.4 cm³/mol. The Morgan fingerprint density at radius 3 is 2.15 bits per heavy atom. The normalized spacial score (nSPS) is 14.7. The first kappa shape index (κ1) is 16.0. The third-order valence-corrected chi connectivity index (χ3v) is 2.73. The molecule has 0 aromatic heterocycles. The van der Waals surface area contributed by atoms with Crippen molar-refractivity contribution in [2.45, 2.75) is 0 Å². The first-order chi connectivity index (χ1) is 9.29. The molecule has 0 radical (unpaired) electrons. The maximum Gasteiger partial charge on any atom is 0.189 e. The SMILES string of the molecule is N/C(O)=C1\C=CC=C1c1ccccc1.[Fe].c1cc[cH-]c1. The van der Waals surface area contributed by atoms with Crippen molar-refractivity contribution in [2.24, 2.45) is 5.73 Å². The zero-order chi connectivity index (χ0) is 13.5. The summed E-state index contributed by atoms with van der Waals surface area (Å²) in [5.74, 6) is -0.131. The van der Waals surface area contributed by atoms with Gasteiger partial charge in [0, 0.05) is 22.6 Å². The smallest absolute Gasteiger partial charge is 0.189 e. The van der Waals surface area contributed by atoms with Gasteiger partial charge in [-0.2, -0.15) is 18.2 Å². The molecule has 3 rings (SSSR count). The van der Waals surface area contributed by atoms with Crippen molar-refractivity contribution < 1.29 is 22.2 Å². The summed E-state index contributed by atoms with van der Waals surface area (Å²) in [6, 6.07) is 19.8. The van der Waals surface area contributed by atoms with E-state index in [1.54, 1.807) is 6.08 Å². The summed E-state index contributed by atoms with van der Waals surface area (Å²) in [4.78, 5) is 0. The first-order valence-electron chi connectivity index (χ1n) is 6.08. The van der Waals surface area contributed by atoms with E-state index in [0.29, 0.717) is 5.57 Å². The van der Waals surface area contributed by atoms with Crippen LogP contribution in [0.4, 0.5) is 0 Å². The summed E-state index contributed by atoms with van der Waals surface area (Å²) in [7, 11) is 0. The molecule has 0 atom stereocenters. The van der Waals surface area contributed by atoms with Crippen LogP contribution in [0.2, 0.25) is 0 Å². The Balaban J connectivity index is 0.000000283. The third kappa shape index (κ3) is 4.23. The fourth-order valence-electron chi connectivity index (χ4n) is 1.83. The molecule has 2 nitrogen and oxygen atoms in total. The quantitative estimate of drug-likeness (QED) is 0.478. The van der Waals surface area contributed by atoms with Crippen LogP contribution in [0.25, 0.3) is 5.57 Å². The molecule has 0 saturated heterocycles. The number of hydrogen-bond acceptors (Lipinski definition) is 2. The molecule has 0 fully saturated rings. The number of allylic oxidation sites excluding steroid dienone is 5. The van der Waals surface area contributed by atoms with Crippen LogP contribution in [0.3, 0.4) is 0 Å². The van der Waals surface area contributed by atoms with Crippen molar-refractivity contribution in [3.05, 3.63) is 95.9 Å². The van der Waals surface area contributed by atoms with Gasteiger partial charge in [-0.05, 0) is 17.2 Å². The number of aliphatic hydroxyl groups is 1. The van der Waals surface area contributed by atoms with Gasteiger partial charge in [-0.25, -0.2) is 12.1 Å². The van der Waals surface area contributed by atoms with E-state index in [0.717, 1.165) is 11.1 Å². The second kappa shape index (κ2) is 8.15. The van der Waals surface area contributed by atoms with Crippen LogP contribution in [-0.2, 0) is 17.1 Å². The Bertz CT molecular complexity index is 574. The van der Waals surface area contributed by atoms with Crippen LogP contribution in [0.15, 0.2) is 90.3 Å². The Kier molecular flexibility index (Phi) is 6.51. The van der Waals surface area contributed by atoms with Crippen molar-refractivity contribution >= 4 is 5.57 Å². The number of aliphatic hydroxyl groups excluding tert-OH is 1. The molecule has 3 N–H and O–H groups in total. The number of hydrogen-bond donors (Lipinski definition) is 2. The van der Waals surface area contributed by atoms with Gasteiger partial charge in [-0.1, -0.05) is 42.5 Å². The fraction of sp³-hybridized carbons (Fsp3) is 0. The second-order valence-electron chi connectivity index (χ2n) is 4.07. The molecular weight excluding hydrogens is 290 g/mol. The molecule has 0 heterocycles. The molecule has 0 unspecified atom stereocenters. The standard InChI is InChI=1S/C12H11NO.C5H5.Fe/c13-12(14)11-8-4-7-10(11)9-5-2-1-3-6-9;1-2-4-5-3-1;/h1-8,14H,13H2;1-5H;/q;-1;/b12-11-;;. The number of nitrogens with two attached hydrogens (primary N) is 1. The van der Waals surface area contributed by atoms with Crippen LogP contribution < -0.4 is 5.73 Å². The van der Waals surface area contributed by atoms with Gasteiger partial charge >= 0.3 is 0 Å². The summed E-state index contributed by atoms with van der Waals surface area (Å²) in [5, 5.41) is 9.25. The molecule has 0 aliphatic heterocycles. The van der Waals surface area contributed by atoms with E-state index >= 15 is 0 Å². The van der Waals surface area contributed by atoms with Gasteiger partial charge in [0.15, 0.2) is 5.88 Å². The molecule has 0 bridgehead atoms. The largest absolute Gasteiger partial charge is 0.495 e. The van der Waals surface area contributed by atoms with Gasteiger partial charge in [0.1, 0.15) is 0 Å². The third-order valence-electron chi connectivity index (χ3n) is 2.73. The van der Waals surface area contributed by atoms with Crippen LogP contribution in [0, 0.1) is 0 Å². The fourth-order valence-corrected chi connectivity index (χ4v) is 1.83. The Morgan fingerprint density at radius 1 is 1.00 bits per heavy atom. The molecule has 2 aromatic rings. The van der Waals surface area contributed by atoms with Crippen molar-refractivity contribution in [1.29, 1.82) is 0 Å². The number of rotatable bonds is 1. The summed E-state index contributed by atoms with van der Waals surface area (Å²) < 4.78 is 0. The van der Waals surface area contributed by atoms with Gasteiger partial charge < -0.3 is 10.8 Å². The summed E-state index contributed by atoms with van der Waals surface area (Å²) in [6.07, 6.45) is 5.62. The van der Waals surface area contributed by atoms with Gasteiger partial charge in [-0.15, -0.1) is 0 Å². The average molecular weight is 306 g/mol. The van der Waals surface area contributed by atoms with Gasteiger partial charge in [0.05, 0.1) is 0 Å². The van der Waals surface area contributed by atoms with Crippen molar-refractivity contribution in [3.8, 4) is 0 Å². The monoisotopic (exact) mass is 306 g/mol. The Hall–Kier alpha value is -2.09. The zero-order valence-electron chi connectivity index (χ0n) is 10.9. The molecule has 3 heteroatoms. The van der Waals surface area contributed by atoms with Crippen LogP contribution in [0.1, 0.15) is 5.56 Å². The van der Waals surface area contributed by atoms with Crippen molar-refractivity contribution in [2.75, 3.05) is 0 Å². The van der Waals surface area contributed by atoms with E-state index in [-0.39, 0.29) is 23.0 Å². The Labute approximate surface area is 129 Å². The first-order valence-corrected chi connectivity index (χ1v) is 6.08. The van der Waals surface area contributed by atoms with Crippen LogP contribution in [0.5, 0.6) is 0 Å². The van der Waals surface area contributed by atoms with Gasteiger partial charge in [-0.3, -0.25) is 0 Å². The van der Waals surface area contributed by atoms with Gasteiger partial charge in [0.25, 0.3) is 0 Å². The average Bonchev–Trinajstić information content (AvgIpc) is 3.14. The summed E-state index contributed by atoms with van der Waals surface area (Å²) in [6.45, 7) is 0. The molecule has 104 valence electrons. The second-order valence-corrected chi connectivity index (χ2v) is 4.07. The van der Waals surface area contributed by atoms with E-state index in [1.807, 2.05) is 72.8 Å². The maximum atomic E-state index is 9.25. The van der Waals surface area contributed by atoms with E-state index in [1.165, 1.54) is 0 Å². The Morgan fingerprint density at radius 2 is 1.65 bits per heavy atom. The molecule has 1 aliphatic rings. The molecular formula is C17H16FeNO-. The number of benzene rings is 1. The molecule has 0 saturated carbocycles. The minimum atomic E-state index is -0.131. The molecule has 1 aliphatic carbocycles. The molecule has 2 aromatic carbocycles. The topological polar surface area (TPSA) is 46.2 Å². The maximum absolute atomic E-state index is 9.25. The van der Waals surface area contributed by atoms with Crippen LogP contribution >= 0.6 is 0 Å².